The number of fused-ring (bicyclic) bond motifs is 2. The molecule has 3 aromatic rings. The molecule has 0 radical (unpaired) electrons. The van der Waals surface area contributed by atoms with Crippen molar-refractivity contribution >= 4 is 27.5 Å². The van der Waals surface area contributed by atoms with Crippen molar-refractivity contribution in [3.05, 3.63) is 53.0 Å². The maximum Gasteiger partial charge on any atom is 0.231 e. The molecule has 0 unspecified atom stereocenters. The van der Waals surface area contributed by atoms with Gasteiger partial charge in [0.15, 0.2) is 17.5 Å². The highest BCUT2D eigenvalue weighted by atomic mass is 32.1. The maximum absolute atomic E-state index is 5.43. The summed E-state index contributed by atoms with van der Waals surface area (Å²) in [5.74, 6) is 2.47. The number of aromatic nitrogens is 1. The largest absolute Gasteiger partial charge is 0.454 e. The number of benzene rings is 2. The molecule has 0 saturated heterocycles. The van der Waals surface area contributed by atoms with E-state index < -0.39 is 0 Å². The Morgan fingerprint density at radius 3 is 2.82 bits per heavy atom. The number of para-hydroxylation sites is 1. The lowest BCUT2D eigenvalue weighted by molar-refractivity contribution is 0.174. The van der Waals surface area contributed by atoms with Gasteiger partial charge < -0.3 is 20.1 Å². The van der Waals surface area contributed by atoms with E-state index in [-0.39, 0.29) is 0 Å². The molecule has 0 aliphatic carbocycles. The zero-order valence-electron chi connectivity index (χ0n) is 15.9. The maximum atomic E-state index is 5.43. The Morgan fingerprint density at radius 1 is 1.07 bits per heavy atom. The Balaban J connectivity index is 1.17. The molecule has 28 heavy (non-hydrogen) atoms. The van der Waals surface area contributed by atoms with Crippen molar-refractivity contribution in [3.8, 4) is 11.5 Å². The Labute approximate surface area is 168 Å². The van der Waals surface area contributed by atoms with Crippen molar-refractivity contribution in [1.29, 1.82) is 0 Å². The molecule has 146 valence electrons. The minimum Gasteiger partial charge on any atom is -0.454 e. The topological polar surface area (TPSA) is 67.8 Å². The standard InChI is InChI=1S/C21H24N4O2S/c1-22-21(24-12-10-15-8-9-17-18(13-15)27-14-26-17)23-11-4-7-20-25-16-5-2-3-6-19(16)28-20/h2-3,5-6,8-9,13H,4,7,10-12,14H2,1H3,(H2,22,23,24). The van der Waals surface area contributed by atoms with Gasteiger partial charge in [-0.2, -0.15) is 0 Å². The van der Waals surface area contributed by atoms with Crippen LogP contribution in [0.2, 0.25) is 0 Å². The second kappa shape index (κ2) is 8.93. The molecule has 0 atom stereocenters. The molecule has 0 saturated carbocycles. The summed E-state index contributed by atoms with van der Waals surface area (Å²) in [4.78, 5) is 8.98. The lowest BCUT2D eigenvalue weighted by atomic mass is 10.1. The van der Waals surface area contributed by atoms with E-state index in [1.165, 1.54) is 15.3 Å². The van der Waals surface area contributed by atoms with E-state index in [4.69, 9.17) is 9.47 Å². The summed E-state index contributed by atoms with van der Waals surface area (Å²) in [7, 11) is 1.80. The van der Waals surface area contributed by atoms with Gasteiger partial charge in [0.25, 0.3) is 0 Å². The van der Waals surface area contributed by atoms with E-state index in [1.807, 2.05) is 18.2 Å². The first-order valence-corrected chi connectivity index (χ1v) is 10.3. The number of hydrogen-bond donors (Lipinski definition) is 2. The van der Waals surface area contributed by atoms with Gasteiger partial charge in [0, 0.05) is 26.6 Å². The second-order valence-electron chi connectivity index (χ2n) is 6.54. The van der Waals surface area contributed by atoms with Crippen LogP contribution in [-0.4, -0.2) is 37.9 Å². The first-order valence-electron chi connectivity index (χ1n) is 9.49. The van der Waals surface area contributed by atoms with Crippen molar-refractivity contribution in [2.45, 2.75) is 19.3 Å². The Bertz CT molecular complexity index is 937. The van der Waals surface area contributed by atoms with Crippen LogP contribution < -0.4 is 20.1 Å². The molecule has 7 heteroatoms. The first-order chi connectivity index (χ1) is 13.8. The van der Waals surface area contributed by atoms with Crippen LogP contribution in [0.4, 0.5) is 0 Å². The summed E-state index contributed by atoms with van der Waals surface area (Å²) < 4.78 is 12.0. The monoisotopic (exact) mass is 396 g/mol. The molecule has 2 aromatic carbocycles. The van der Waals surface area contributed by atoms with Crippen LogP contribution in [0, 0.1) is 0 Å². The molecular weight excluding hydrogens is 372 g/mol. The van der Waals surface area contributed by atoms with Crippen molar-refractivity contribution in [3.63, 3.8) is 0 Å². The van der Waals surface area contributed by atoms with Gasteiger partial charge in [-0.05, 0) is 42.7 Å². The number of thiazole rings is 1. The van der Waals surface area contributed by atoms with E-state index in [2.05, 4.69) is 44.9 Å². The number of nitrogens with one attached hydrogen (secondary N) is 2. The Morgan fingerprint density at radius 2 is 1.93 bits per heavy atom. The van der Waals surface area contributed by atoms with Crippen LogP contribution in [0.5, 0.6) is 11.5 Å². The van der Waals surface area contributed by atoms with Crippen molar-refractivity contribution in [2.24, 2.45) is 4.99 Å². The average Bonchev–Trinajstić information content (AvgIpc) is 3.35. The third kappa shape index (κ3) is 4.54. The normalized spacial score (nSPS) is 13.1. The molecule has 1 aromatic heterocycles. The minimum absolute atomic E-state index is 0.310. The van der Waals surface area contributed by atoms with Gasteiger partial charge in [0.1, 0.15) is 0 Å². The molecule has 0 spiro atoms. The number of guanidine groups is 1. The number of hydrogen-bond acceptors (Lipinski definition) is 5. The summed E-state index contributed by atoms with van der Waals surface area (Å²) in [5.41, 5.74) is 2.31. The number of nitrogens with zero attached hydrogens (tertiary/aromatic N) is 2. The van der Waals surface area contributed by atoms with E-state index in [1.54, 1.807) is 18.4 Å². The van der Waals surface area contributed by atoms with Gasteiger partial charge in [-0.25, -0.2) is 4.98 Å². The van der Waals surface area contributed by atoms with Gasteiger partial charge in [-0.15, -0.1) is 11.3 Å². The van der Waals surface area contributed by atoms with Crippen LogP contribution in [0.3, 0.4) is 0 Å². The minimum atomic E-state index is 0.310. The lowest BCUT2D eigenvalue weighted by Gasteiger charge is -2.11. The summed E-state index contributed by atoms with van der Waals surface area (Å²) in [6.45, 7) is 1.97. The zero-order valence-corrected chi connectivity index (χ0v) is 16.7. The third-order valence-electron chi connectivity index (χ3n) is 4.56. The predicted molar refractivity (Wildman–Crippen MR) is 114 cm³/mol. The van der Waals surface area contributed by atoms with Crippen LogP contribution in [0.25, 0.3) is 10.2 Å². The van der Waals surface area contributed by atoms with Crippen molar-refractivity contribution in [1.82, 2.24) is 15.6 Å². The van der Waals surface area contributed by atoms with Gasteiger partial charge in [0.2, 0.25) is 6.79 Å². The quantitative estimate of drug-likeness (QED) is 0.364. The van der Waals surface area contributed by atoms with Crippen LogP contribution in [0.1, 0.15) is 17.0 Å². The van der Waals surface area contributed by atoms with Crippen molar-refractivity contribution < 1.29 is 9.47 Å². The first kappa shape index (κ1) is 18.6. The van der Waals surface area contributed by atoms with Gasteiger partial charge in [-0.3, -0.25) is 4.99 Å². The SMILES string of the molecule is CN=C(NCCCc1nc2ccccc2s1)NCCc1ccc2c(c1)OCO2. The fourth-order valence-electron chi connectivity index (χ4n) is 3.12. The number of rotatable bonds is 7. The van der Waals surface area contributed by atoms with Gasteiger partial charge in [-0.1, -0.05) is 18.2 Å². The van der Waals surface area contributed by atoms with Gasteiger partial charge >= 0.3 is 0 Å². The number of aliphatic imine (C=N–C) groups is 1. The lowest BCUT2D eigenvalue weighted by Crippen LogP contribution is -2.38. The Kier molecular flexibility index (Phi) is 5.92. The molecule has 2 N–H and O–H groups in total. The highest BCUT2D eigenvalue weighted by Gasteiger charge is 2.13. The van der Waals surface area contributed by atoms with E-state index >= 15 is 0 Å². The molecule has 0 fully saturated rings. The fraction of sp³-hybridized carbons (Fsp3) is 0.333. The fourth-order valence-corrected chi connectivity index (χ4v) is 4.12. The molecule has 0 amide bonds. The smallest absolute Gasteiger partial charge is 0.231 e. The van der Waals surface area contributed by atoms with E-state index in [9.17, 15) is 0 Å². The van der Waals surface area contributed by atoms with E-state index in [0.717, 1.165) is 55.3 Å². The predicted octanol–water partition coefficient (Wildman–Crippen LogP) is 3.37. The Hall–Kier alpha value is -2.80. The highest BCUT2D eigenvalue weighted by molar-refractivity contribution is 7.18. The summed E-state index contributed by atoms with van der Waals surface area (Å²) in [6, 6.07) is 14.4. The second-order valence-corrected chi connectivity index (χ2v) is 7.66. The van der Waals surface area contributed by atoms with E-state index in [0.29, 0.717) is 6.79 Å². The molecule has 0 bridgehead atoms. The third-order valence-corrected chi connectivity index (χ3v) is 5.66. The molecule has 6 nitrogen and oxygen atoms in total. The summed E-state index contributed by atoms with van der Waals surface area (Å²) in [6.07, 6.45) is 2.88. The number of ether oxygens (including phenoxy) is 2. The average molecular weight is 397 g/mol. The zero-order chi connectivity index (χ0) is 19.2. The van der Waals surface area contributed by atoms with Crippen LogP contribution in [0.15, 0.2) is 47.5 Å². The molecule has 1 aliphatic rings. The highest BCUT2D eigenvalue weighted by Crippen LogP contribution is 2.32. The molecule has 4 rings (SSSR count). The van der Waals surface area contributed by atoms with Crippen LogP contribution in [-0.2, 0) is 12.8 Å². The molecule has 1 aliphatic heterocycles. The molecular formula is C21H24N4O2S. The molecule has 2 heterocycles. The van der Waals surface area contributed by atoms with Gasteiger partial charge in [0.05, 0.1) is 15.2 Å². The summed E-state index contributed by atoms with van der Waals surface area (Å²) in [5, 5.41) is 7.92. The number of aryl methyl sites for hydroxylation is 1. The van der Waals surface area contributed by atoms with Crippen LogP contribution >= 0.6 is 11.3 Å². The summed E-state index contributed by atoms with van der Waals surface area (Å²) >= 11 is 1.78. The van der Waals surface area contributed by atoms with Crippen molar-refractivity contribution in [2.75, 3.05) is 26.9 Å².